The summed E-state index contributed by atoms with van der Waals surface area (Å²) in [7, 11) is 0. The van der Waals surface area contributed by atoms with Gasteiger partial charge in [-0.1, -0.05) is 6.07 Å². The van der Waals surface area contributed by atoms with Gasteiger partial charge in [0.1, 0.15) is 5.82 Å². The van der Waals surface area contributed by atoms with Gasteiger partial charge in [-0.3, -0.25) is 9.78 Å². The number of carboxylic acid groups (broad SMARTS) is 1. The molecule has 0 saturated heterocycles. The molecule has 2 heterocycles. The molecule has 3 aromatic rings. The number of nitrogens with zero attached hydrogens (tertiary/aromatic N) is 2. The van der Waals surface area contributed by atoms with Crippen molar-refractivity contribution in [2.75, 3.05) is 0 Å². The number of aliphatic carboxylic acids is 1. The van der Waals surface area contributed by atoms with Gasteiger partial charge in [0.05, 0.1) is 17.0 Å². The van der Waals surface area contributed by atoms with E-state index in [0.29, 0.717) is 0 Å². The van der Waals surface area contributed by atoms with Gasteiger partial charge < -0.3 is 10.1 Å². The zero-order valence-corrected chi connectivity index (χ0v) is 10.9. The third kappa shape index (κ3) is 2.14. The number of fused-ring (bicyclic) bond motifs is 1. The molecule has 0 spiro atoms. The van der Waals surface area contributed by atoms with Gasteiger partial charge in [-0.25, -0.2) is 4.98 Å². The fourth-order valence-electron chi connectivity index (χ4n) is 2.08. The first kappa shape index (κ1) is 12.3. The summed E-state index contributed by atoms with van der Waals surface area (Å²) in [6.45, 7) is 1.67. The third-order valence-electron chi connectivity index (χ3n) is 3.31. The first-order chi connectivity index (χ1) is 9.65. The molecule has 0 aliphatic heterocycles. The average Bonchev–Trinajstić information content (AvgIpc) is 2.90. The maximum Gasteiger partial charge on any atom is 0.310 e. The minimum absolute atomic E-state index is 0.537. The molecule has 1 unspecified atom stereocenters. The van der Waals surface area contributed by atoms with E-state index in [4.69, 9.17) is 5.11 Å². The highest BCUT2D eigenvalue weighted by Crippen LogP contribution is 2.23. The normalized spacial score (nSPS) is 12.4. The fourth-order valence-corrected chi connectivity index (χ4v) is 2.08. The number of carboxylic acids is 1. The van der Waals surface area contributed by atoms with Crippen molar-refractivity contribution in [2.24, 2.45) is 0 Å². The Kier molecular flexibility index (Phi) is 2.95. The zero-order chi connectivity index (χ0) is 14.1. The Morgan fingerprint density at radius 2 is 2.20 bits per heavy atom. The molecular formula is C15H13N3O2. The van der Waals surface area contributed by atoms with Gasteiger partial charge in [0, 0.05) is 18.0 Å². The van der Waals surface area contributed by atoms with Gasteiger partial charge in [0.25, 0.3) is 0 Å². The lowest BCUT2D eigenvalue weighted by Crippen LogP contribution is -2.06. The summed E-state index contributed by atoms with van der Waals surface area (Å²) < 4.78 is 0. The van der Waals surface area contributed by atoms with Crippen LogP contribution in [0.15, 0.2) is 42.7 Å². The summed E-state index contributed by atoms with van der Waals surface area (Å²) in [5.74, 6) is -0.644. The monoisotopic (exact) mass is 267 g/mol. The molecule has 5 nitrogen and oxygen atoms in total. The van der Waals surface area contributed by atoms with Crippen LogP contribution < -0.4 is 0 Å². The maximum absolute atomic E-state index is 11.0. The summed E-state index contributed by atoms with van der Waals surface area (Å²) in [5, 5.41) is 9.06. The fraction of sp³-hybridized carbons (Fsp3) is 0.133. The molecule has 0 bridgehead atoms. The van der Waals surface area contributed by atoms with Gasteiger partial charge in [-0.2, -0.15) is 0 Å². The second-order valence-electron chi connectivity index (χ2n) is 4.66. The smallest absolute Gasteiger partial charge is 0.310 e. The summed E-state index contributed by atoms with van der Waals surface area (Å²) >= 11 is 0. The highest BCUT2D eigenvalue weighted by atomic mass is 16.4. The van der Waals surface area contributed by atoms with E-state index in [1.54, 1.807) is 25.4 Å². The molecule has 0 saturated carbocycles. The van der Waals surface area contributed by atoms with Crippen molar-refractivity contribution in [3.05, 3.63) is 48.3 Å². The number of H-pyrrole nitrogens is 1. The van der Waals surface area contributed by atoms with Crippen molar-refractivity contribution >= 4 is 17.0 Å². The highest BCUT2D eigenvalue weighted by Gasteiger charge is 2.15. The number of carbonyl (C=O) groups is 1. The first-order valence-corrected chi connectivity index (χ1v) is 6.28. The number of rotatable bonds is 3. The molecular weight excluding hydrogens is 254 g/mol. The van der Waals surface area contributed by atoms with Gasteiger partial charge in [-0.15, -0.1) is 0 Å². The van der Waals surface area contributed by atoms with Crippen molar-refractivity contribution in [3.63, 3.8) is 0 Å². The van der Waals surface area contributed by atoms with Crippen molar-refractivity contribution < 1.29 is 9.90 Å². The third-order valence-corrected chi connectivity index (χ3v) is 3.31. The minimum Gasteiger partial charge on any atom is -0.481 e. The van der Waals surface area contributed by atoms with E-state index in [1.165, 1.54) is 0 Å². The van der Waals surface area contributed by atoms with Crippen molar-refractivity contribution in [3.8, 4) is 11.4 Å². The molecule has 0 fully saturated rings. The van der Waals surface area contributed by atoms with E-state index in [9.17, 15) is 4.79 Å². The van der Waals surface area contributed by atoms with Gasteiger partial charge in [0.15, 0.2) is 0 Å². The van der Waals surface area contributed by atoms with Crippen molar-refractivity contribution in [2.45, 2.75) is 12.8 Å². The van der Waals surface area contributed by atoms with Crippen LogP contribution in [0.25, 0.3) is 22.4 Å². The second kappa shape index (κ2) is 4.77. The van der Waals surface area contributed by atoms with Crippen LogP contribution in [-0.2, 0) is 4.79 Å². The standard InChI is InChI=1S/C15H13N3O2/c1-9(15(19)20)10-4-5-12-13(7-10)18-14(17-12)11-3-2-6-16-8-11/h2-9H,1H3,(H,17,18)(H,19,20). The van der Waals surface area contributed by atoms with Gasteiger partial charge in [0.2, 0.25) is 0 Å². The van der Waals surface area contributed by atoms with Crippen LogP contribution in [0.4, 0.5) is 0 Å². The molecule has 5 heteroatoms. The Morgan fingerprint density at radius 3 is 2.90 bits per heavy atom. The van der Waals surface area contributed by atoms with E-state index >= 15 is 0 Å². The predicted octanol–water partition coefficient (Wildman–Crippen LogP) is 2.81. The lowest BCUT2D eigenvalue weighted by atomic mass is 10.0. The van der Waals surface area contributed by atoms with Crippen molar-refractivity contribution in [1.82, 2.24) is 15.0 Å². The Hall–Kier alpha value is -2.69. The summed E-state index contributed by atoms with van der Waals surface area (Å²) in [6.07, 6.45) is 3.44. The van der Waals surface area contributed by atoms with Crippen molar-refractivity contribution in [1.29, 1.82) is 0 Å². The number of imidazole rings is 1. The summed E-state index contributed by atoms with van der Waals surface area (Å²) in [5.41, 5.74) is 3.29. The molecule has 100 valence electrons. The van der Waals surface area contributed by atoms with Crippen LogP contribution in [0, 0.1) is 0 Å². The zero-order valence-electron chi connectivity index (χ0n) is 10.9. The molecule has 0 radical (unpaired) electrons. The number of hydrogen-bond donors (Lipinski definition) is 2. The van der Waals surface area contributed by atoms with Gasteiger partial charge >= 0.3 is 5.97 Å². The number of benzene rings is 1. The van der Waals surface area contributed by atoms with E-state index < -0.39 is 11.9 Å². The topological polar surface area (TPSA) is 78.9 Å². The average molecular weight is 267 g/mol. The molecule has 1 atom stereocenters. The molecule has 0 aliphatic carbocycles. The lowest BCUT2D eigenvalue weighted by molar-refractivity contribution is -0.138. The Labute approximate surface area is 115 Å². The number of nitrogens with one attached hydrogen (secondary N) is 1. The van der Waals surface area contributed by atoms with Crippen LogP contribution in [0.3, 0.4) is 0 Å². The molecule has 0 aliphatic rings. The summed E-state index contributed by atoms with van der Waals surface area (Å²) in [4.78, 5) is 22.8. The Bertz CT molecular complexity index is 765. The number of aromatic amines is 1. The Morgan fingerprint density at radius 1 is 1.35 bits per heavy atom. The van der Waals surface area contributed by atoms with Crippen LogP contribution in [0.5, 0.6) is 0 Å². The largest absolute Gasteiger partial charge is 0.481 e. The van der Waals surface area contributed by atoms with Crippen LogP contribution in [0.2, 0.25) is 0 Å². The molecule has 20 heavy (non-hydrogen) atoms. The molecule has 1 aromatic carbocycles. The summed E-state index contributed by atoms with van der Waals surface area (Å²) in [6, 6.07) is 9.24. The Balaban J connectivity index is 2.06. The maximum atomic E-state index is 11.0. The molecule has 3 rings (SSSR count). The second-order valence-corrected chi connectivity index (χ2v) is 4.66. The number of aromatic nitrogens is 3. The van der Waals surface area contributed by atoms with Crippen LogP contribution in [-0.4, -0.2) is 26.0 Å². The lowest BCUT2D eigenvalue weighted by Gasteiger charge is -2.05. The minimum atomic E-state index is -0.837. The van der Waals surface area contributed by atoms with E-state index in [-0.39, 0.29) is 0 Å². The van der Waals surface area contributed by atoms with E-state index in [0.717, 1.165) is 28.0 Å². The van der Waals surface area contributed by atoms with Crippen LogP contribution in [0.1, 0.15) is 18.4 Å². The van der Waals surface area contributed by atoms with Gasteiger partial charge in [-0.05, 0) is 36.8 Å². The molecule has 2 N–H and O–H groups in total. The number of hydrogen-bond acceptors (Lipinski definition) is 3. The van der Waals surface area contributed by atoms with E-state index in [1.807, 2.05) is 24.3 Å². The number of pyridine rings is 1. The predicted molar refractivity (Wildman–Crippen MR) is 75.4 cm³/mol. The van der Waals surface area contributed by atoms with E-state index in [2.05, 4.69) is 15.0 Å². The molecule has 2 aromatic heterocycles. The SMILES string of the molecule is CC(C(=O)O)c1ccc2nc(-c3cccnc3)[nH]c2c1. The highest BCUT2D eigenvalue weighted by molar-refractivity contribution is 5.82. The van der Waals surface area contributed by atoms with Crippen LogP contribution >= 0.6 is 0 Å². The first-order valence-electron chi connectivity index (χ1n) is 6.28. The molecule has 0 amide bonds. The quantitative estimate of drug-likeness (QED) is 0.764.